The number of rotatable bonds is 3. The number of nitro groups is 1. The molecule has 0 saturated heterocycles. The van der Waals surface area contributed by atoms with Gasteiger partial charge in [-0.15, -0.1) is 11.6 Å². The highest BCUT2D eigenvalue weighted by molar-refractivity contribution is 6.31. The molecule has 6 heteroatoms. The van der Waals surface area contributed by atoms with Gasteiger partial charge in [-0.05, 0) is 13.0 Å². The number of anilines is 1. The zero-order chi connectivity index (χ0) is 11.6. The molecule has 1 aromatic rings. The summed E-state index contributed by atoms with van der Waals surface area (Å²) in [6.07, 6.45) is 0. The number of hydrogen-bond acceptors (Lipinski definition) is 4. The quantitative estimate of drug-likeness (QED) is 0.371. The van der Waals surface area contributed by atoms with Crippen molar-refractivity contribution in [3.8, 4) is 0 Å². The number of nitrogens with zero attached hydrogens (tertiary/aromatic N) is 1. The number of benzene rings is 1. The van der Waals surface area contributed by atoms with Crippen LogP contribution in [0.3, 0.4) is 0 Å². The Hall–Kier alpha value is -1.62. The van der Waals surface area contributed by atoms with Gasteiger partial charge in [-0.2, -0.15) is 0 Å². The maximum Gasteiger partial charge on any atom is 0.297 e. The summed E-state index contributed by atoms with van der Waals surface area (Å²) in [5, 5.41) is 9.69. The van der Waals surface area contributed by atoms with Gasteiger partial charge in [0.05, 0.1) is 10.5 Å². The maximum absolute atomic E-state index is 11.0. The molecule has 1 atom stereocenters. The molecule has 1 rings (SSSR count). The fraction of sp³-hybridized carbons (Fsp3) is 0.222. The molecular weight excluding hydrogens is 220 g/mol. The van der Waals surface area contributed by atoms with Gasteiger partial charge in [0.1, 0.15) is 11.1 Å². The van der Waals surface area contributed by atoms with E-state index in [-0.39, 0.29) is 22.7 Å². The van der Waals surface area contributed by atoms with Gasteiger partial charge in [0.15, 0.2) is 5.78 Å². The molecule has 0 aliphatic rings. The Labute approximate surface area is 91.0 Å². The average molecular weight is 229 g/mol. The topological polar surface area (TPSA) is 86.2 Å². The van der Waals surface area contributed by atoms with E-state index in [0.29, 0.717) is 0 Å². The molecule has 0 saturated carbocycles. The summed E-state index contributed by atoms with van der Waals surface area (Å²) >= 11 is 5.75. The summed E-state index contributed by atoms with van der Waals surface area (Å²) in [6, 6.07) is 4.34. The SMILES string of the molecule is CC(=O)C(Cl)c1cccc(N)c1[N+](=O)[O-]. The first-order chi connectivity index (χ1) is 6.95. The Morgan fingerprint density at radius 3 is 2.67 bits per heavy atom. The number of carbonyl (C=O) groups is 1. The summed E-state index contributed by atoms with van der Waals surface area (Å²) in [4.78, 5) is 21.1. The van der Waals surface area contributed by atoms with Crippen LogP contribution in [0.15, 0.2) is 18.2 Å². The standard InChI is InChI=1S/C9H9ClN2O3/c1-5(13)8(10)6-3-2-4-7(11)9(6)12(14)15/h2-4,8H,11H2,1H3. The highest BCUT2D eigenvalue weighted by Gasteiger charge is 2.25. The first-order valence-corrected chi connectivity index (χ1v) is 4.56. The molecule has 2 N–H and O–H groups in total. The molecule has 0 fully saturated rings. The molecule has 0 heterocycles. The highest BCUT2D eigenvalue weighted by Crippen LogP contribution is 2.34. The van der Waals surface area contributed by atoms with Crippen molar-refractivity contribution in [2.24, 2.45) is 0 Å². The monoisotopic (exact) mass is 228 g/mol. The van der Waals surface area contributed by atoms with Crippen molar-refractivity contribution >= 4 is 28.8 Å². The third-order valence-electron chi connectivity index (χ3n) is 1.91. The summed E-state index contributed by atoms with van der Waals surface area (Å²) in [5.41, 5.74) is 5.29. The molecule has 5 nitrogen and oxygen atoms in total. The molecule has 80 valence electrons. The minimum absolute atomic E-state index is 0.00407. The zero-order valence-corrected chi connectivity index (χ0v) is 8.69. The highest BCUT2D eigenvalue weighted by atomic mass is 35.5. The van der Waals surface area contributed by atoms with Gasteiger partial charge >= 0.3 is 0 Å². The van der Waals surface area contributed by atoms with E-state index < -0.39 is 10.3 Å². The smallest absolute Gasteiger partial charge is 0.297 e. The molecule has 1 unspecified atom stereocenters. The lowest BCUT2D eigenvalue weighted by Crippen LogP contribution is -2.07. The lowest BCUT2D eigenvalue weighted by molar-refractivity contribution is -0.384. The summed E-state index contributed by atoms with van der Waals surface area (Å²) in [5.74, 6) is -0.356. The number of carbonyl (C=O) groups excluding carboxylic acids is 1. The van der Waals surface area contributed by atoms with Gasteiger partial charge in [0.25, 0.3) is 5.69 Å². The number of para-hydroxylation sites is 1. The number of halogens is 1. The zero-order valence-electron chi connectivity index (χ0n) is 7.94. The molecule has 0 aliphatic heterocycles. The third kappa shape index (κ3) is 2.24. The van der Waals surface area contributed by atoms with Crippen LogP contribution < -0.4 is 5.73 Å². The number of ketones is 1. The number of nitrogens with two attached hydrogens (primary N) is 1. The minimum atomic E-state index is -1.03. The number of nitrogen functional groups attached to an aromatic ring is 1. The van der Waals surface area contributed by atoms with E-state index >= 15 is 0 Å². The maximum atomic E-state index is 11.0. The Balaban J connectivity index is 3.35. The molecule has 0 aliphatic carbocycles. The van der Waals surface area contributed by atoms with Crippen LogP contribution in [0.5, 0.6) is 0 Å². The van der Waals surface area contributed by atoms with E-state index in [9.17, 15) is 14.9 Å². The first-order valence-electron chi connectivity index (χ1n) is 4.12. The molecule has 0 radical (unpaired) electrons. The van der Waals surface area contributed by atoms with Crippen molar-refractivity contribution in [3.63, 3.8) is 0 Å². The van der Waals surface area contributed by atoms with Gasteiger partial charge in [-0.25, -0.2) is 0 Å². The van der Waals surface area contributed by atoms with Crippen molar-refractivity contribution in [3.05, 3.63) is 33.9 Å². The van der Waals surface area contributed by atoms with Crippen LogP contribution in [0.1, 0.15) is 17.9 Å². The van der Waals surface area contributed by atoms with Crippen LogP contribution in [-0.2, 0) is 4.79 Å². The van der Waals surface area contributed by atoms with E-state index in [4.69, 9.17) is 17.3 Å². The van der Waals surface area contributed by atoms with Crippen molar-refractivity contribution in [2.45, 2.75) is 12.3 Å². The van der Waals surface area contributed by atoms with Gasteiger partial charge in [-0.1, -0.05) is 12.1 Å². The number of nitro benzene ring substituents is 1. The van der Waals surface area contributed by atoms with Gasteiger partial charge < -0.3 is 5.73 Å². The fourth-order valence-corrected chi connectivity index (χ4v) is 1.39. The summed E-state index contributed by atoms with van der Waals surface area (Å²) in [6.45, 7) is 1.27. The van der Waals surface area contributed by atoms with Crippen molar-refractivity contribution in [1.29, 1.82) is 0 Å². The minimum Gasteiger partial charge on any atom is -0.393 e. The lowest BCUT2D eigenvalue weighted by atomic mass is 10.1. The molecular formula is C9H9ClN2O3. The largest absolute Gasteiger partial charge is 0.393 e. The van der Waals surface area contributed by atoms with Gasteiger partial charge in [0, 0.05) is 0 Å². The van der Waals surface area contributed by atoms with Crippen molar-refractivity contribution in [2.75, 3.05) is 5.73 Å². The first kappa shape index (κ1) is 11.5. The molecule has 0 bridgehead atoms. The van der Waals surface area contributed by atoms with E-state index in [1.807, 2.05) is 0 Å². The fourth-order valence-electron chi connectivity index (χ4n) is 1.21. The Morgan fingerprint density at radius 1 is 1.60 bits per heavy atom. The lowest BCUT2D eigenvalue weighted by Gasteiger charge is -2.07. The predicted octanol–water partition coefficient (Wildman–Crippen LogP) is 2.05. The number of alkyl halides is 1. The second-order valence-electron chi connectivity index (χ2n) is 3.02. The van der Waals surface area contributed by atoms with Gasteiger partial charge in [0.2, 0.25) is 0 Å². The molecule has 0 aromatic heterocycles. The Morgan fingerprint density at radius 2 is 2.20 bits per heavy atom. The van der Waals surface area contributed by atoms with Crippen LogP contribution in [0.4, 0.5) is 11.4 Å². The Bertz CT molecular complexity index is 420. The summed E-state index contributed by atoms with van der Waals surface area (Å²) in [7, 11) is 0. The Kier molecular flexibility index (Phi) is 3.26. The van der Waals surface area contributed by atoms with E-state index in [2.05, 4.69) is 0 Å². The van der Waals surface area contributed by atoms with E-state index in [1.165, 1.54) is 25.1 Å². The molecule has 1 aromatic carbocycles. The van der Waals surface area contributed by atoms with Crippen molar-refractivity contribution in [1.82, 2.24) is 0 Å². The number of Topliss-reactive ketones (excluding diaryl/α,β-unsaturated/α-hetero) is 1. The summed E-state index contributed by atoms with van der Waals surface area (Å²) < 4.78 is 0. The van der Waals surface area contributed by atoms with Crippen LogP contribution in [0, 0.1) is 10.1 Å². The van der Waals surface area contributed by atoms with Crippen LogP contribution >= 0.6 is 11.6 Å². The second kappa shape index (κ2) is 4.27. The van der Waals surface area contributed by atoms with Crippen LogP contribution in [-0.4, -0.2) is 10.7 Å². The predicted molar refractivity (Wildman–Crippen MR) is 56.8 cm³/mol. The van der Waals surface area contributed by atoms with Crippen molar-refractivity contribution < 1.29 is 9.72 Å². The van der Waals surface area contributed by atoms with E-state index in [1.54, 1.807) is 0 Å². The number of hydrogen-bond donors (Lipinski definition) is 1. The normalized spacial score (nSPS) is 12.1. The molecule has 0 amide bonds. The second-order valence-corrected chi connectivity index (χ2v) is 3.45. The third-order valence-corrected chi connectivity index (χ3v) is 2.45. The van der Waals surface area contributed by atoms with Crippen LogP contribution in [0.25, 0.3) is 0 Å². The molecule has 15 heavy (non-hydrogen) atoms. The average Bonchev–Trinajstić information content (AvgIpc) is 2.15. The van der Waals surface area contributed by atoms with Crippen LogP contribution in [0.2, 0.25) is 0 Å². The van der Waals surface area contributed by atoms with Gasteiger partial charge in [-0.3, -0.25) is 14.9 Å². The van der Waals surface area contributed by atoms with E-state index in [0.717, 1.165) is 0 Å². The molecule has 0 spiro atoms.